The Morgan fingerprint density at radius 1 is 1.00 bits per heavy atom. The number of nitrogens with two attached hydrogens (primary N) is 1. The summed E-state index contributed by atoms with van der Waals surface area (Å²) in [5, 5.41) is 0. The number of unbranched alkanes of at least 4 members (excludes halogenated alkanes) is 7. The molecule has 1 fully saturated rings. The molecular weight excluding hydrogens is 220 g/mol. The van der Waals surface area contributed by atoms with Gasteiger partial charge in [0.1, 0.15) is 0 Å². The molecule has 108 valence electrons. The SMILES string of the molecule is CCCCCCCCCCN(C)C(CN)C1CC1. The highest BCUT2D eigenvalue weighted by molar-refractivity contribution is 4.87. The Labute approximate surface area is 114 Å². The van der Waals surface area contributed by atoms with Crippen molar-refractivity contribution in [3.63, 3.8) is 0 Å². The highest BCUT2D eigenvalue weighted by atomic mass is 15.1. The van der Waals surface area contributed by atoms with Gasteiger partial charge in [-0.25, -0.2) is 0 Å². The van der Waals surface area contributed by atoms with E-state index in [1.807, 2.05) is 0 Å². The second-order valence-electron chi connectivity index (χ2n) is 6.10. The lowest BCUT2D eigenvalue weighted by Gasteiger charge is -2.26. The Morgan fingerprint density at radius 2 is 1.56 bits per heavy atom. The summed E-state index contributed by atoms with van der Waals surface area (Å²) in [7, 11) is 2.26. The molecule has 18 heavy (non-hydrogen) atoms. The maximum absolute atomic E-state index is 5.87. The van der Waals surface area contributed by atoms with Gasteiger partial charge in [0.25, 0.3) is 0 Å². The second kappa shape index (κ2) is 9.80. The molecule has 1 rings (SSSR count). The molecule has 0 aromatic rings. The van der Waals surface area contributed by atoms with Crippen molar-refractivity contribution in [1.82, 2.24) is 4.90 Å². The van der Waals surface area contributed by atoms with Crippen LogP contribution in [0.25, 0.3) is 0 Å². The Morgan fingerprint density at radius 3 is 2.06 bits per heavy atom. The van der Waals surface area contributed by atoms with Crippen molar-refractivity contribution in [2.45, 2.75) is 77.2 Å². The number of nitrogens with zero attached hydrogens (tertiary/aromatic N) is 1. The fourth-order valence-corrected chi connectivity index (χ4v) is 2.87. The largest absolute Gasteiger partial charge is 0.329 e. The van der Waals surface area contributed by atoms with Gasteiger partial charge in [-0.2, -0.15) is 0 Å². The van der Waals surface area contributed by atoms with Crippen LogP contribution in [0, 0.1) is 5.92 Å². The summed E-state index contributed by atoms with van der Waals surface area (Å²) in [6, 6.07) is 0.662. The molecule has 0 aromatic carbocycles. The molecule has 1 unspecified atom stereocenters. The smallest absolute Gasteiger partial charge is 0.0243 e. The van der Waals surface area contributed by atoms with E-state index < -0.39 is 0 Å². The Bertz CT molecular complexity index is 190. The van der Waals surface area contributed by atoms with Crippen molar-refractivity contribution < 1.29 is 0 Å². The Kier molecular flexibility index (Phi) is 8.70. The molecular formula is C16H34N2. The Hall–Kier alpha value is -0.0800. The molecule has 0 heterocycles. The lowest BCUT2D eigenvalue weighted by atomic mass is 10.1. The topological polar surface area (TPSA) is 29.3 Å². The van der Waals surface area contributed by atoms with Crippen LogP contribution in [0.3, 0.4) is 0 Å². The van der Waals surface area contributed by atoms with E-state index in [0.29, 0.717) is 6.04 Å². The zero-order chi connectivity index (χ0) is 13.2. The lowest BCUT2D eigenvalue weighted by Crippen LogP contribution is -2.40. The normalized spacial score (nSPS) is 17.3. The van der Waals surface area contributed by atoms with Crippen LogP contribution in [-0.4, -0.2) is 31.1 Å². The van der Waals surface area contributed by atoms with Crippen molar-refractivity contribution in [3.05, 3.63) is 0 Å². The van der Waals surface area contributed by atoms with Crippen LogP contribution in [0.4, 0.5) is 0 Å². The lowest BCUT2D eigenvalue weighted by molar-refractivity contribution is 0.219. The summed E-state index contributed by atoms with van der Waals surface area (Å²) < 4.78 is 0. The van der Waals surface area contributed by atoms with E-state index in [1.54, 1.807) is 0 Å². The van der Waals surface area contributed by atoms with Crippen molar-refractivity contribution in [3.8, 4) is 0 Å². The summed E-state index contributed by atoms with van der Waals surface area (Å²) in [4.78, 5) is 2.51. The molecule has 0 saturated heterocycles. The monoisotopic (exact) mass is 254 g/mol. The summed E-state index contributed by atoms with van der Waals surface area (Å²) in [6.07, 6.45) is 14.1. The van der Waals surface area contributed by atoms with Crippen LogP contribution in [0.15, 0.2) is 0 Å². The molecule has 2 heteroatoms. The molecule has 0 radical (unpaired) electrons. The highest BCUT2D eigenvalue weighted by Crippen LogP contribution is 2.34. The third-order valence-corrected chi connectivity index (χ3v) is 4.34. The predicted octanol–water partition coefficient (Wildman–Crippen LogP) is 3.80. The fourth-order valence-electron chi connectivity index (χ4n) is 2.87. The first-order valence-corrected chi connectivity index (χ1v) is 8.20. The van der Waals surface area contributed by atoms with E-state index in [4.69, 9.17) is 5.73 Å². The first kappa shape index (κ1) is 16.0. The maximum Gasteiger partial charge on any atom is 0.0243 e. The molecule has 1 aliphatic carbocycles. The van der Waals surface area contributed by atoms with Crippen LogP contribution in [-0.2, 0) is 0 Å². The molecule has 2 N–H and O–H groups in total. The quantitative estimate of drug-likeness (QED) is 0.537. The maximum atomic E-state index is 5.87. The van der Waals surface area contributed by atoms with Gasteiger partial charge in [-0.1, -0.05) is 51.9 Å². The third-order valence-electron chi connectivity index (χ3n) is 4.34. The van der Waals surface area contributed by atoms with Crippen LogP contribution in [0.2, 0.25) is 0 Å². The van der Waals surface area contributed by atoms with Gasteiger partial charge < -0.3 is 10.6 Å². The number of likely N-dealkylation sites (N-methyl/N-ethyl adjacent to an activating group) is 1. The first-order chi connectivity index (χ1) is 8.79. The van der Waals surface area contributed by atoms with Crippen LogP contribution in [0.5, 0.6) is 0 Å². The summed E-state index contributed by atoms with van der Waals surface area (Å²) >= 11 is 0. The zero-order valence-corrected chi connectivity index (χ0v) is 12.7. The average Bonchev–Trinajstić information content (AvgIpc) is 3.18. The van der Waals surface area contributed by atoms with Crippen molar-refractivity contribution >= 4 is 0 Å². The van der Waals surface area contributed by atoms with E-state index >= 15 is 0 Å². The third kappa shape index (κ3) is 6.75. The summed E-state index contributed by atoms with van der Waals surface area (Å²) in [5.74, 6) is 0.911. The van der Waals surface area contributed by atoms with E-state index in [0.717, 1.165) is 12.5 Å². The van der Waals surface area contributed by atoms with Gasteiger partial charge in [-0.05, 0) is 38.8 Å². The minimum atomic E-state index is 0.662. The summed E-state index contributed by atoms with van der Waals surface area (Å²) in [5.41, 5.74) is 5.87. The fraction of sp³-hybridized carbons (Fsp3) is 1.00. The average molecular weight is 254 g/mol. The minimum absolute atomic E-state index is 0.662. The van der Waals surface area contributed by atoms with Crippen LogP contribution >= 0.6 is 0 Å². The van der Waals surface area contributed by atoms with Gasteiger partial charge in [-0.15, -0.1) is 0 Å². The number of rotatable bonds is 12. The standard InChI is InChI=1S/C16H34N2/c1-3-4-5-6-7-8-9-10-13-18(2)16(14-17)15-11-12-15/h15-16H,3-14,17H2,1-2H3. The zero-order valence-electron chi connectivity index (χ0n) is 12.7. The van der Waals surface area contributed by atoms with E-state index in [1.165, 1.54) is 70.8 Å². The van der Waals surface area contributed by atoms with E-state index in [2.05, 4.69) is 18.9 Å². The van der Waals surface area contributed by atoms with Crippen molar-refractivity contribution in [2.75, 3.05) is 20.1 Å². The first-order valence-electron chi connectivity index (χ1n) is 8.20. The molecule has 0 spiro atoms. The molecule has 0 bridgehead atoms. The van der Waals surface area contributed by atoms with Gasteiger partial charge in [0.05, 0.1) is 0 Å². The highest BCUT2D eigenvalue weighted by Gasteiger charge is 2.32. The van der Waals surface area contributed by atoms with E-state index in [9.17, 15) is 0 Å². The van der Waals surface area contributed by atoms with Gasteiger partial charge in [0.2, 0.25) is 0 Å². The second-order valence-corrected chi connectivity index (χ2v) is 6.10. The molecule has 1 atom stereocenters. The molecule has 0 aromatic heterocycles. The number of hydrogen-bond acceptors (Lipinski definition) is 2. The van der Waals surface area contributed by atoms with Crippen molar-refractivity contribution in [1.29, 1.82) is 0 Å². The molecule has 0 amide bonds. The van der Waals surface area contributed by atoms with Crippen LogP contribution < -0.4 is 5.73 Å². The van der Waals surface area contributed by atoms with Gasteiger partial charge in [-0.3, -0.25) is 0 Å². The van der Waals surface area contributed by atoms with Crippen molar-refractivity contribution in [2.24, 2.45) is 11.7 Å². The van der Waals surface area contributed by atoms with Crippen LogP contribution in [0.1, 0.15) is 71.1 Å². The molecule has 1 saturated carbocycles. The van der Waals surface area contributed by atoms with Gasteiger partial charge >= 0.3 is 0 Å². The molecule has 0 aliphatic heterocycles. The summed E-state index contributed by atoms with van der Waals surface area (Å²) in [6.45, 7) is 4.37. The minimum Gasteiger partial charge on any atom is -0.329 e. The van der Waals surface area contributed by atoms with E-state index in [-0.39, 0.29) is 0 Å². The Balaban J connectivity index is 1.90. The molecule has 2 nitrogen and oxygen atoms in total. The van der Waals surface area contributed by atoms with Gasteiger partial charge in [0.15, 0.2) is 0 Å². The molecule has 1 aliphatic rings. The predicted molar refractivity (Wildman–Crippen MR) is 80.8 cm³/mol. The number of hydrogen-bond donors (Lipinski definition) is 1. The van der Waals surface area contributed by atoms with Gasteiger partial charge in [0, 0.05) is 12.6 Å².